The molecule has 1 heterocycles. The van der Waals surface area contributed by atoms with Crippen LogP contribution in [0.2, 0.25) is 0 Å². The third-order valence-electron chi connectivity index (χ3n) is 7.98. The lowest BCUT2D eigenvalue weighted by atomic mass is 9.85. The highest BCUT2D eigenvalue weighted by Crippen LogP contribution is 2.45. The van der Waals surface area contributed by atoms with Crippen molar-refractivity contribution in [2.24, 2.45) is 0 Å². The molecule has 1 nitrogen and oxygen atoms in total. The molecule has 0 atom stereocenters. The average molecular weight is 559 g/mol. The first kappa shape index (κ1) is 15.0. The van der Waals surface area contributed by atoms with Gasteiger partial charge in [-0.1, -0.05) is 127 Å². The van der Waals surface area contributed by atoms with Crippen LogP contribution in [0.5, 0.6) is 0 Å². The molecular weight excluding hydrogens is 520 g/mol. The van der Waals surface area contributed by atoms with Gasteiger partial charge in [0, 0.05) is 10.8 Å². The summed E-state index contributed by atoms with van der Waals surface area (Å²) in [6.45, 7) is 0. The molecule has 1 heteroatoms. The summed E-state index contributed by atoms with van der Waals surface area (Å²) in [6, 6.07) is 22.3. The second-order valence-corrected chi connectivity index (χ2v) is 10.4. The third-order valence-corrected chi connectivity index (χ3v) is 7.98. The monoisotopic (exact) mass is 558 g/mol. The van der Waals surface area contributed by atoms with Crippen molar-refractivity contribution in [3.05, 3.63) is 157 Å². The Morgan fingerprint density at radius 1 is 0.395 bits per heavy atom. The predicted octanol–water partition coefficient (Wildman–Crippen LogP) is 12.0. The van der Waals surface area contributed by atoms with E-state index in [4.69, 9.17) is 18.1 Å². The fraction of sp³-hybridized carbons (Fsp3) is 0. The van der Waals surface area contributed by atoms with E-state index in [1.807, 2.05) is 78.9 Å². The van der Waals surface area contributed by atoms with Gasteiger partial charge in [-0.2, -0.15) is 0 Å². The van der Waals surface area contributed by atoms with Crippen molar-refractivity contribution in [3.63, 3.8) is 0 Å². The number of fused-ring (bicyclic) bond motifs is 6. The maximum atomic E-state index is 9.43. The third kappa shape index (κ3) is 3.79. The zero-order chi connectivity index (χ0) is 38.8. The Bertz CT molecular complexity index is 3100. The topological polar surface area (TPSA) is 13.1 Å². The molecule has 200 valence electrons. The van der Waals surface area contributed by atoms with Crippen LogP contribution in [0.3, 0.4) is 0 Å². The lowest BCUT2D eigenvalue weighted by molar-refractivity contribution is 0.669. The van der Waals surface area contributed by atoms with Crippen LogP contribution in [-0.4, -0.2) is 0 Å². The van der Waals surface area contributed by atoms with Gasteiger partial charge in [0.15, 0.2) is 0 Å². The molecule has 0 aliphatic heterocycles. The van der Waals surface area contributed by atoms with Crippen molar-refractivity contribution in [1.29, 1.82) is 0 Å². The molecule has 0 amide bonds. The minimum Gasteiger partial charge on any atom is -0.456 e. The second kappa shape index (κ2) is 9.44. The molecule has 0 bridgehead atoms. The number of furan rings is 1. The Balaban J connectivity index is 1.30. The van der Waals surface area contributed by atoms with Gasteiger partial charge < -0.3 is 4.42 Å². The molecule has 0 saturated carbocycles. The van der Waals surface area contributed by atoms with Crippen molar-refractivity contribution in [1.82, 2.24) is 0 Å². The number of para-hydroxylation sites is 1. The molecule has 9 rings (SSSR count). The van der Waals surface area contributed by atoms with Crippen LogP contribution in [0, 0.1) is 0 Å². The molecule has 0 fully saturated rings. The Labute approximate surface area is 266 Å². The summed E-state index contributed by atoms with van der Waals surface area (Å²) < 4.78 is 108. The van der Waals surface area contributed by atoms with Crippen LogP contribution in [-0.2, 0) is 0 Å². The summed E-state index contributed by atoms with van der Waals surface area (Å²) in [5.74, 6) is 0. The van der Waals surface area contributed by atoms with Crippen LogP contribution < -0.4 is 0 Å². The predicted molar refractivity (Wildman–Crippen MR) is 183 cm³/mol. The van der Waals surface area contributed by atoms with Crippen LogP contribution in [0.25, 0.3) is 87.6 Å². The SMILES string of the molecule is [2H]c1c([2H])c([2H])c(-c2ccc3cc(-c4c5ccccc5c(-c5c([2H])c([2H])c6c(oc7c([2H])c([2H])c([2H])c([2H])c76)c5[2H])c5ccccc45)ccc3c2)c([2H])c1[2H]. The van der Waals surface area contributed by atoms with E-state index in [1.165, 1.54) is 0 Å². The van der Waals surface area contributed by atoms with Crippen molar-refractivity contribution < 1.29 is 20.9 Å². The molecule has 0 aliphatic carbocycles. The highest BCUT2D eigenvalue weighted by atomic mass is 16.3. The van der Waals surface area contributed by atoms with E-state index in [1.54, 1.807) is 6.07 Å². The van der Waals surface area contributed by atoms with E-state index >= 15 is 0 Å². The fourth-order valence-electron chi connectivity index (χ4n) is 6.08. The Morgan fingerprint density at radius 3 is 1.65 bits per heavy atom. The van der Waals surface area contributed by atoms with Gasteiger partial charge in [-0.25, -0.2) is 0 Å². The molecule has 0 saturated heterocycles. The zero-order valence-corrected chi connectivity index (χ0v) is 22.5. The van der Waals surface area contributed by atoms with Crippen molar-refractivity contribution >= 4 is 54.3 Å². The number of rotatable bonds is 3. The summed E-state index contributed by atoms with van der Waals surface area (Å²) in [7, 11) is 0. The molecular formula is C42H26O. The van der Waals surface area contributed by atoms with Gasteiger partial charge >= 0.3 is 0 Å². The highest BCUT2D eigenvalue weighted by Gasteiger charge is 2.18. The van der Waals surface area contributed by atoms with Gasteiger partial charge in [0.25, 0.3) is 0 Å². The first-order valence-corrected chi connectivity index (χ1v) is 13.8. The smallest absolute Gasteiger partial charge is 0.136 e. The minimum absolute atomic E-state index is 0.00289. The van der Waals surface area contributed by atoms with E-state index in [0.717, 1.165) is 32.7 Å². The average Bonchev–Trinajstić information content (AvgIpc) is 3.61. The van der Waals surface area contributed by atoms with Crippen LogP contribution in [0.1, 0.15) is 16.4 Å². The van der Waals surface area contributed by atoms with Crippen molar-refractivity contribution in [3.8, 4) is 33.4 Å². The van der Waals surface area contributed by atoms with E-state index in [9.17, 15) is 2.74 Å². The quantitative estimate of drug-likeness (QED) is 0.197. The van der Waals surface area contributed by atoms with E-state index in [2.05, 4.69) is 0 Å². The minimum atomic E-state index is -0.489. The second-order valence-electron chi connectivity index (χ2n) is 10.4. The molecule has 9 aromatic rings. The molecule has 1 aromatic heterocycles. The Kier molecular flexibility index (Phi) is 3.29. The van der Waals surface area contributed by atoms with Crippen molar-refractivity contribution in [2.45, 2.75) is 0 Å². The first-order valence-electron chi connectivity index (χ1n) is 19.8. The Hall–Kier alpha value is -5.66. The summed E-state index contributed by atoms with van der Waals surface area (Å²) >= 11 is 0. The summed E-state index contributed by atoms with van der Waals surface area (Å²) in [5, 5.41) is 4.71. The molecule has 0 spiro atoms. The lowest BCUT2D eigenvalue weighted by Crippen LogP contribution is -1.91. The standard InChI is InChI=1S/C42H26O/c1-2-10-27(11-3-1)28-18-19-30-25-31(21-20-29(30)24-28)41-35-13-4-6-15-37(35)42(38-16-7-5-14-36(38)41)32-22-23-34-33-12-8-9-17-39(33)43-40(34)26-32/h1-26H/i1D,2D,3D,8D,9D,10D,11D,12D,17D,22D,23D,26D. The fourth-order valence-corrected chi connectivity index (χ4v) is 6.08. The van der Waals surface area contributed by atoms with Gasteiger partial charge in [0.05, 0.1) is 16.4 Å². The lowest BCUT2D eigenvalue weighted by Gasteiger charge is -2.18. The van der Waals surface area contributed by atoms with Gasteiger partial charge in [-0.3, -0.25) is 0 Å². The van der Waals surface area contributed by atoms with Gasteiger partial charge in [0.2, 0.25) is 0 Å². The normalized spacial score (nSPS) is 15.6. The summed E-state index contributed by atoms with van der Waals surface area (Å²) in [5.41, 5.74) is 2.83. The zero-order valence-electron chi connectivity index (χ0n) is 34.5. The van der Waals surface area contributed by atoms with E-state index in [0.29, 0.717) is 21.9 Å². The number of hydrogen-bond acceptors (Lipinski definition) is 1. The first-order chi connectivity index (χ1) is 26.3. The number of hydrogen-bond donors (Lipinski definition) is 0. The maximum Gasteiger partial charge on any atom is 0.136 e. The molecule has 0 unspecified atom stereocenters. The summed E-state index contributed by atoms with van der Waals surface area (Å²) in [4.78, 5) is 0. The summed E-state index contributed by atoms with van der Waals surface area (Å²) in [6.07, 6.45) is 0. The molecule has 0 N–H and O–H groups in total. The maximum absolute atomic E-state index is 9.43. The molecule has 43 heavy (non-hydrogen) atoms. The van der Waals surface area contributed by atoms with Crippen molar-refractivity contribution in [2.75, 3.05) is 0 Å². The van der Waals surface area contributed by atoms with E-state index < -0.39 is 42.3 Å². The molecule has 0 radical (unpaired) electrons. The van der Waals surface area contributed by atoms with Crippen LogP contribution in [0.4, 0.5) is 0 Å². The largest absolute Gasteiger partial charge is 0.456 e. The Morgan fingerprint density at radius 2 is 0.953 bits per heavy atom. The van der Waals surface area contributed by atoms with Crippen LogP contribution >= 0.6 is 0 Å². The van der Waals surface area contributed by atoms with Gasteiger partial charge in [-0.05, 0) is 96.0 Å². The van der Waals surface area contributed by atoms with Gasteiger partial charge in [-0.15, -0.1) is 0 Å². The highest BCUT2D eigenvalue weighted by molar-refractivity contribution is 6.22. The van der Waals surface area contributed by atoms with Gasteiger partial charge in [0.1, 0.15) is 11.2 Å². The van der Waals surface area contributed by atoms with E-state index in [-0.39, 0.29) is 63.3 Å². The molecule has 8 aromatic carbocycles. The van der Waals surface area contributed by atoms with Crippen LogP contribution in [0.15, 0.2) is 162 Å². The molecule has 0 aliphatic rings. The number of benzene rings is 8.